The van der Waals surface area contributed by atoms with Crippen molar-refractivity contribution in [2.45, 2.75) is 26.7 Å². The number of methoxy groups -OCH3 is 1. The third kappa shape index (κ3) is 4.42. The number of H-pyrrole nitrogens is 1. The fraction of sp³-hybridized carbons (Fsp3) is 0.400. The van der Waals surface area contributed by atoms with E-state index in [2.05, 4.69) is 15.3 Å². The van der Waals surface area contributed by atoms with Crippen LogP contribution in [0.5, 0.6) is 0 Å². The lowest BCUT2D eigenvalue weighted by Crippen LogP contribution is -2.44. The SMILES string of the molecule is COC(=O)c1c(C)[nH]c(C(=O)N2CCCC(C(=O)Nc3ccc(Cl)cn3)C2)c1C. The van der Waals surface area contributed by atoms with Crippen molar-refractivity contribution in [1.82, 2.24) is 14.9 Å². The summed E-state index contributed by atoms with van der Waals surface area (Å²) >= 11 is 5.81. The van der Waals surface area contributed by atoms with Crippen molar-refractivity contribution < 1.29 is 19.1 Å². The first kappa shape index (κ1) is 20.9. The summed E-state index contributed by atoms with van der Waals surface area (Å²) in [5.41, 5.74) is 1.85. The molecule has 3 rings (SSSR count). The number of anilines is 1. The van der Waals surface area contributed by atoms with Gasteiger partial charge in [-0.3, -0.25) is 9.59 Å². The molecule has 1 aliphatic heterocycles. The van der Waals surface area contributed by atoms with Gasteiger partial charge in [0.05, 0.1) is 23.6 Å². The van der Waals surface area contributed by atoms with E-state index in [1.54, 1.807) is 30.9 Å². The van der Waals surface area contributed by atoms with Gasteiger partial charge in [-0.15, -0.1) is 0 Å². The standard InChI is InChI=1S/C20H23ClN4O4/c1-11-16(20(28)29-3)12(2)23-17(11)19(27)25-8-4-5-13(10-25)18(26)24-15-7-6-14(21)9-22-15/h6-7,9,13,23H,4-5,8,10H2,1-3H3,(H,22,24,26). The van der Waals surface area contributed by atoms with Crippen LogP contribution in [-0.4, -0.2) is 52.9 Å². The molecule has 9 heteroatoms. The Bertz CT molecular complexity index is 939. The summed E-state index contributed by atoms with van der Waals surface area (Å²) in [6, 6.07) is 3.28. The molecule has 1 fully saturated rings. The van der Waals surface area contributed by atoms with Gasteiger partial charge in [0.15, 0.2) is 0 Å². The number of likely N-dealkylation sites (tertiary alicyclic amines) is 1. The van der Waals surface area contributed by atoms with Crippen LogP contribution in [-0.2, 0) is 9.53 Å². The van der Waals surface area contributed by atoms with Crippen molar-refractivity contribution in [2.75, 3.05) is 25.5 Å². The molecule has 29 heavy (non-hydrogen) atoms. The summed E-state index contributed by atoms with van der Waals surface area (Å²) in [6.07, 6.45) is 2.85. The number of pyridine rings is 1. The fourth-order valence-corrected chi connectivity index (χ4v) is 3.70. The number of aromatic amines is 1. The Hall–Kier alpha value is -2.87. The molecule has 1 saturated heterocycles. The van der Waals surface area contributed by atoms with Crippen LogP contribution in [0.4, 0.5) is 5.82 Å². The van der Waals surface area contributed by atoms with Gasteiger partial charge in [-0.1, -0.05) is 11.6 Å². The molecule has 154 valence electrons. The number of aryl methyl sites for hydroxylation is 1. The summed E-state index contributed by atoms with van der Waals surface area (Å²) in [4.78, 5) is 46.3. The lowest BCUT2D eigenvalue weighted by Gasteiger charge is -2.32. The van der Waals surface area contributed by atoms with Crippen molar-refractivity contribution in [2.24, 2.45) is 5.92 Å². The minimum Gasteiger partial charge on any atom is -0.465 e. The molecule has 2 aromatic rings. The predicted octanol–water partition coefficient (Wildman–Crippen LogP) is 2.96. The first-order valence-corrected chi connectivity index (χ1v) is 9.68. The maximum atomic E-state index is 13.0. The van der Waals surface area contributed by atoms with Crippen LogP contribution in [0.15, 0.2) is 18.3 Å². The average molecular weight is 419 g/mol. The lowest BCUT2D eigenvalue weighted by molar-refractivity contribution is -0.121. The highest BCUT2D eigenvalue weighted by Gasteiger charge is 2.31. The van der Waals surface area contributed by atoms with Crippen molar-refractivity contribution in [3.8, 4) is 0 Å². The van der Waals surface area contributed by atoms with Crippen LogP contribution >= 0.6 is 11.6 Å². The number of hydrogen-bond donors (Lipinski definition) is 2. The van der Waals surface area contributed by atoms with E-state index in [9.17, 15) is 14.4 Å². The summed E-state index contributed by atoms with van der Waals surface area (Å²) in [5, 5.41) is 3.26. The zero-order valence-electron chi connectivity index (χ0n) is 16.5. The number of halogens is 1. The topological polar surface area (TPSA) is 104 Å². The quantitative estimate of drug-likeness (QED) is 0.743. The Kier molecular flexibility index (Phi) is 6.22. The van der Waals surface area contributed by atoms with Crippen LogP contribution in [0.3, 0.4) is 0 Å². The Balaban J connectivity index is 1.72. The van der Waals surface area contributed by atoms with Gasteiger partial charge >= 0.3 is 5.97 Å². The molecule has 2 aromatic heterocycles. The van der Waals surface area contributed by atoms with Gasteiger partial charge in [0, 0.05) is 25.0 Å². The number of esters is 1. The van der Waals surface area contributed by atoms with E-state index in [1.165, 1.54) is 13.3 Å². The third-order valence-corrected chi connectivity index (χ3v) is 5.32. The van der Waals surface area contributed by atoms with Gasteiger partial charge in [0.25, 0.3) is 5.91 Å². The smallest absolute Gasteiger partial charge is 0.339 e. The number of carbonyl (C=O) groups excluding carboxylic acids is 3. The van der Waals surface area contributed by atoms with Crippen LogP contribution in [0.25, 0.3) is 0 Å². The zero-order valence-corrected chi connectivity index (χ0v) is 17.3. The Morgan fingerprint density at radius 3 is 2.72 bits per heavy atom. The Morgan fingerprint density at radius 2 is 2.07 bits per heavy atom. The van der Waals surface area contributed by atoms with E-state index in [0.717, 1.165) is 0 Å². The lowest BCUT2D eigenvalue weighted by atomic mass is 9.96. The number of rotatable bonds is 4. The van der Waals surface area contributed by atoms with Crippen LogP contribution in [0.1, 0.15) is 44.9 Å². The molecule has 2 N–H and O–H groups in total. The number of ether oxygens (including phenoxy) is 1. The number of nitrogens with zero attached hydrogens (tertiary/aromatic N) is 2. The molecular formula is C20H23ClN4O4. The molecule has 8 nitrogen and oxygen atoms in total. The van der Waals surface area contributed by atoms with Crippen LogP contribution in [0.2, 0.25) is 5.02 Å². The Labute approximate surface area is 173 Å². The van der Waals surface area contributed by atoms with Crippen LogP contribution in [0, 0.1) is 19.8 Å². The van der Waals surface area contributed by atoms with E-state index < -0.39 is 5.97 Å². The summed E-state index contributed by atoms with van der Waals surface area (Å²) < 4.78 is 4.80. The molecule has 1 unspecified atom stereocenters. The number of nitrogens with one attached hydrogen (secondary N) is 2. The highest BCUT2D eigenvalue weighted by atomic mass is 35.5. The predicted molar refractivity (Wildman–Crippen MR) is 108 cm³/mol. The number of piperidine rings is 1. The molecule has 0 aromatic carbocycles. The minimum absolute atomic E-state index is 0.188. The molecule has 0 radical (unpaired) electrons. The number of aromatic nitrogens is 2. The summed E-state index contributed by atoms with van der Waals surface area (Å²) in [6.45, 7) is 4.28. The third-order valence-electron chi connectivity index (χ3n) is 5.10. The molecule has 0 spiro atoms. The highest BCUT2D eigenvalue weighted by Crippen LogP contribution is 2.24. The molecule has 1 aliphatic rings. The number of hydrogen-bond acceptors (Lipinski definition) is 5. The van der Waals surface area contributed by atoms with E-state index in [1.807, 2.05) is 0 Å². The second kappa shape index (κ2) is 8.65. The minimum atomic E-state index is -0.485. The van der Waals surface area contributed by atoms with E-state index in [4.69, 9.17) is 16.3 Å². The molecule has 0 aliphatic carbocycles. The first-order valence-electron chi connectivity index (χ1n) is 9.31. The van der Waals surface area contributed by atoms with Crippen LogP contribution < -0.4 is 5.32 Å². The molecule has 2 amide bonds. The van der Waals surface area contributed by atoms with E-state index in [-0.39, 0.29) is 17.7 Å². The second-order valence-electron chi connectivity index (χ2n) is 7.06. The molecule has 3 heterocycles. The van der Waals surface area contributed by atoms with E-state index >= 15 is 0 Å². The number of carbonyl (C=O) groups is 3. The monoisotopic (exact) mass is 418 g/mol. The van der Waals surface area contributed by atoms with Crippen molar-refractivity contribution >= 4 is 35.2 Å². The average Bonchev–Trinajstić information content (AvgIpc) is 3.02. The summed E-state index contributed by atoms with van der Waals surface area (Å²) in [7, 11) is 1.30. The van der Waals surface area contributed by atoms with Gasteiger partial charge in [-0.05, 0) is 44.4 Å². The van der Waals surface area contributed by atoms with Gasteiger partial charge in [0.1, 0.15) is 11.5 Å². The maximum absolute atomic E-state index is 13.0. The molecule has 1 atom stereocenters. The molecular weight excluding hydrogens is 396 g/mol. The second-order valence-corrected chi connectivity index (χ2v) is 7.49. The van der Waals surface area contributed by atoms with Gasteiger partial charge < -0.3 is 19.9 Å². The van der Waals surface area contributed by atoms with Crippen molar-refractivity contribution in [3.05, 3.63) is 45.9 Å². The largest absolute Gasteiger partial charge is 0.465 e. The number of amides is 2. The van der Waals surface area contributed by atoms with Gasteiger partial charge in [-0.25, -0.2) is 9.78 Å². The molecule has 0 bridgehead atoms. The van der Waals surface area contributed by atoms with Gasteiger partial charge in [0.2, 0.25) is 5.91 Å². The summed E-state index contributed by atoms with van der Waals surface area (Å²) in [5.74, 6) is -0.834. The fourth-order valence-electron chi connectivity index (χ4n) is 3.58. The van der Waals surface area contributed by atoms with E-state index in [0.29, 0.717) is 59.3 Å². The molecule has 0 saturated carbocycles. The first-order chi connectivity index (χ1) is 13.8. The normalized spacial score (nSPS) is 16.4. The van der Waals surface area contributed by atoms with Gasteiger partial charge in [-0.2, -0.15) is 0 Å². The van der Waals surface area contributed by atoms with Crippen molar-refractivity contribution in [1.29, 1.82) is 0 Å². The zero-order chi connectivity index (χ0) is 21.1. The Morgan fingerprint density at radius 1 is 1.31 bits per heavy atom. The maximum Gasteiger partial charge on any atom is 0.339 e. The van der Waals surface area contributed by atoms with Crippen molar-refractivity contribution in [3.63, 3.8) is 0 Å². The highest BCUT2D eigenvalue weighted by molar-refractivity contribution is 6.30.